The van der Waals surface area contributed by atoms with Crippen molar-refractivity contribution in [2.45, 2.75) is 6.54 Å². The first-order chi connectivity index (χ1) is 8.97. The number of anilines is 1. The van der Waals surface area contributed by atoms with Crippen LogP contribution in [-0.2, 0) is 6.54 Å². The van der Waals surface area contributed by atoms with Crippen molar-refractivity contribution in [2.24, 2.45) is 5.73 Å². The minimum absolute atomic E-state index is 0.406. The number of rotatable bonds is 4. The van der Waals surface area contributed by atoms with Crippen molar-refractivity contribution < 1.29 is 0 Å². The Labute approximate surface area is 138 Å². The van der Waals surface area contributed by atoms with Gasteiger partial charge in [0, 0.05) is 37.5 Å². The molecule has 0 aliphatic carbocycles. The maximum atomic E-state index is 5.65. The van der Waals surface area contributed by atoms with E-state index < -0.39 is 0 Å². The van der Waals surface area contributed by atoms with Crippen LogP contribution in [0.2, 0.25) is 0 Å². The molecule has 0 atom stereocenters. The SMILES string of the molecule is CN(Cc1cc(Br)cs1)c1ccc(C(N)=S)c(Br)c1. The zero-order valence-corrected chi connectivity index (χ0v) is 15.0. The summed E-state index contributed by atoms with van der Waals surface area (Å²) in [6.07, 6.45) is 0. The minimum atomic E-state index is 0.406. The standard InChI is InChI=1S/C13H12Br2N2S2/c1-17(6-10-4-8(14)7-19-10)9-2-3-11(13(16)18)12(15)5-9/h2-5,7H,6H2,1H3,(H2,16,18). The quantitative estimate of drug-likeness (QED) is 0.737. The van der Waals surface area contributed by atoms with Crippen molar-refractivity contribution in [3.8, 4) is 0 Å². The molecule has 1 aromatic carbocycles. The van der Waals surface area contributed by atoms with E-state index in [0.717, 1.165) is 26.7 Å². The first-order valence-corrected chi connectivity index (χ1v) is 8.38. The number of hydrogen-bond acceptors (Lipinski definition) is 3. The van der Waals surface area contributed by atoms with Crippen molar-refractivity contribution in [3.63, 3.8) is 0 Å². The van der Waals surface area contributed by atoms with Gasteiger partial charge in [0.1, 0.15) is 4.99 Å². The molecule has 0 fully saturated rings. The fourth-order valence-electron chi connectivity index (χ4n) is 1.70. The van der Waals surface area contributed by atoms with Gasteiger partial charge in [-0.3, -0.25) is 0 Å². The van der Waals surface area contributed by atoms with E-state index in [1.54, 1.807) is 11.3 Å². The van der Waals surface area contributed by atoms with Crippen LogP contribution in [0.25, 0.3) is 0 Å². The molecule has 1 aromatic heterocycles. The van der Waals surface area contributed by atoms with Crippen LogP contribution in [0.15, 0.2) is 38.6 Å². The monoisotopic (exact) mass is 418 g/mol. The van der Waals surface area contributed by atoms with Gasteiger partial charge < -0.3 is 10.6 Å². The van der Waals surface area contributed by atoms with Gasteiger partial charge in [-0.2, -0.15) is 0 Å². The molecule has 100 valence electrons. The molecule has 0 saturated heterocycles. The molecular formula is C13H12Br2N2S2. The number of hydrogen-bond donors (Lipinski definition) is 1. The Morgan fingerprint density at radius 1 is 1.37 bits per heavy atom. The summed E-state index contributed by atoms with van der Waals surface area (Å²) in [4.78, 5) is 3.90. The lowest BCUT2D eigenvalue weighted by Gasteiger charge is -2.19. The Morgan fingerprint density at radius 2 is 2.11 bits per heavy atom. The molecule has 0 saturated carbocycles. The zero-order valence-electron chi connectivity index (χ0n) is 10.2. The first-order valence-electron chi connectivity index (χ1n) is 5.51. The van der Waals surface area contributed by atoms with Crippen molar-refractivity contribution in [1.82, 2.24) is 0 Å². The number of nitrogens with two attached hydrogens (primary N) is 1. The van der Waals surface area contributed by atoms with Crippen LogP contribution in [-0.4, -0.2) is 12.0 Å². The second kappa shape index (κ2) is 6.35. The predicted octanol–water partition coefficient (Wildman–Crippen LogP) is 4.54. The number of thiocarbonyl (C=S) groups is 1. The highest BCUT2D eigenvalue weighted by molar-refractivity contribution is 9.10. The molecule has 19 heavy (non-hydrogen) atoms. The number of nitrogens with zero attached hydrogens (tertiary/aromatic N) is 1. The third-order valence-corrected chi connectivity index (χ3v) is 5.23. The summed E-state index contributed by atoms with van der Waals surface area (Å²) in [7, 11) is 2.07. The zero-order chi connectivity index (χ0) is 14.0. The fourth-order valence-corrected chi connectivity index (χ4v) is 4.10. The molecule has 0 unspecified atom stereocenters. The molecule has 0 radical (unpaired) electrons. The molecule has 0 spiro atoms. The number of thiophene rings is 1. The summed E-state index contributed by atoms with van der Waals surface area (Å²) < 4.78 is 2.06. The van der Waals surface area contributed by atoms with Crippen LogP contribution in [0.4, 0.5) is 5.69 Å². The second-order valence-corrected chi connectivity index (χ2v) is 7.32. The third-order valence-electron chi connectivity index (χ3n) is 2.67. The third kappa shape index (κ3) is 3.78. The smallest absolute Gasteiger partial charge is 0.105 e. The molecule has 0 bridgehead atoms. The van der Waals surface area contributed by atoms with E-state index in [-0.39, 0.29) is 0 Å². The Balaban J connectivity index is 2.17. The summed E-state index contributed by atoms with van der Waals surface area (Å²) >= 11 is 13.7. The Hall–Kier alpha value is -0.430. The van der Waals surface area contributed by atoms with Gasteiger partial charge in [-0.15, -0.1) is 11.3 Å². The summed E-state index contributed by atoms with van der Waals surface area (Å²) in [6.45, 7) is 0.870. The highest BCUT2D eigenvalue weighted by atomic mass is 79.9. The normalized spacial score (nSPS) is 10.5. The maximum absolute atomic E-state index is 5.65. The lowest BCUT2D eigenvalue weighted by atomic mass is 10.2. The molecule has 2 aromatic rings. The summed E-state index contributed by atoms with van der Waals surface area (Å²) in [5.74, 6) is 0. The largest absolute Gasteiger partial charge is 0.389 e. The van der Waals surface area contributed by atoms with Crippen molar-refractivity contribution in [2.75, 3.05) is 11.9 Å². The highest BCUT2D eigenvalue weighted by Gasteiger charge is 2.08. The topological polar surface area (TPSA) is 29.3 Å². The fraction of sp³-hybridized carbons (Fsp3) is 0.154. The van der Waals surface area contributed by atoms with Crippen LogP contribution in [0.1, 0.15) is 10.4 Å². The predicted molar refractivity (Wildman–Crippen MR) is 94.2 cm³/mol. The summed E-state index contributed by atoms with van der Waals surface area (Å²) in [5, 5.41) is 2.09. The van der Waals surface area contributed by atoms with Crippen molar-refractivity contribution in [1.29, 1.82) is 0 Å². The van der Waals surface area contributed by atoms with E-state index in [1.165, 1.54) is 4.88 Å². The van der Waals surface area contributed by atoms with Crippen LogP contribution in [0.5, 0.6) is 0 Å². The lowest BCUT2D eigenvalue weighted by Crippen LogP contribution is -2.16. The lowest BCUT2D eigenvalue weighted by molar-refractivity contribution is 0.939. The molecule has 6 heteroatoms. The molecule has 2 nitrogen and oxygen atoms in total. The number of benzene rings is 1. The number of halogens is 2. The van der Waals surface area contributed by atoms with Gasteiger partial charge in [0.2, 0.25) is 0 Å². The molecule has 1 heterocycles. The van der Waals surface area contributed by atoms with E-state index in [2.05, 4.69) is 55.3 Å². The molecule has 2 rings (SSSR count). The van der Waals surface area contributed by atoms with Gasteiger partial charge in [0.25, 0.3) is 0 Å². The van der Waals surface area contributed by atoms with E-state index in [9.17, 15) is 0 Å². The Morgan fingerprint density at radius 3 is 2.63 bits per heavy atom. The van der Waals surface area contributed by atoms with E-state index >= 15 is 0 Å². The van der Waals surface area contributed by atoms with Crippen LogP contribution >= 0.6 is 55.4 Å². The summed E-state index contributed by atoms with van der Waals surface area (Å²) in [6, 6.07) is 8.15. The van der Waals surface area contributed by atoms with Crippen LogP contribution in [0.3, 0.4) is 0 Å². The van der Waals surface area contributed by atoms with Crippen molar-refractivity contribution in [3.05, 3.63) is 49.0 Å². The maximum Gasteiger partial charge on any atom is 0.105 e. The molecule has 2 N–H and O–H groups in total. The highest BCUT2D eigenvalue weighted by Crippen LogP contribution is 2.26. The van der Waals surface area contributed by atoms with Gasteiger partial charge in [0.05, 0.1) is 6.54 Å². The Kier molecular flexibility index (Phi) is 5.00. The average Bonchev–Trinajstić information content (AvgIpc) is 2.74. The van der Waals surface area contributed by atoms with E-state index in [0.29, 0.717) is 4.99 Å². The van der Waals surface area contributed by atoms with Gasteiger partial charge in [0.15, 0.2) is 0 Å². The van der Waals surface area contributed by atoms with Gasteiger partial charge in [-0.1, -0.05) is 12.2 Å². The summed E-state index contributed by atoms with van der Waals surface area (Å²) in [5.41, 5.74) is 7.64. The van der Waals surface area contributed by atoms with E-state index in [1.807, 2.05) is 18.2 Å². The van der Waals surface area contributed by atoms with Gasteiger partial charge in [-0.05, 0) is 56.1 Å². The van der Waals surface area contributed by atoms with E-state index in [4.69, 9.17) is 18.0 Å². The molecule has 0 aliphatic heterocycles. The van der Waals surface area contributed by atoms with Crippen LogP contribution in [0, 0.1) is 0 Å². The van der Waals surface area contributed by atoms with Gasteiger partial charge in [-0.25, -0.2) is 0 Å². The molecule has 0 aliphatic rings. The average molecular weight is 420 g/mol. The van der Waals surface area contributed by atoms with Crippen LogP contribution < -0.4 is 10.6 Å². The molecular weight excluding hydrogens is 408 g/mol. The Bertz CT molecular complexity index is 610. The van der Waals surface area contributed by atoms with Gasteiger partial charge >= 0.3 is 0 Å². The molecule has 0 amide bonds. The first kappa shape index (κ1) is 15.0. The van der Waals surface area contributed by atoms with Crippen molar-refractivity contribution >= 4 is 66.1 Å². The minimum Gasteiger partial charge on any atom is -0.389 e. The second-order valence-electron chi connectivity index (χ2n) is 4.12.